The molecule has 0 unspecified atom stereocenters. The maximum atomic E-state index is 12.5. The highest BCUT2D eigenvalue weighted by Crippen LogP contribution is 2.41. The highest BCUT2D eigenvalue weighted by molar-refractivity contribution is 9.11. The summed E-state index contributed by atoms with van der Waals surface area (Å²) < 4.78 is 2.92. The predicted molar refractivity (Wildman–Crippen MR) is 89.7 cm³/mol. The minimum atomic E-state index is -0.147. The van der Waals surface area contributed by atoms with E-state index in [2.05, 4.69) is 26.3 Å². The van der Waals surface area contributed by atoms with E-state index in [-0.39, 0.29) is 17.4 Å². The SMILES string of the molecule is O=C1C[C@@H](c2ccc(Br)s2)c2c(n(C3CCCC3)[nH]c2=O)N1. The van der Waals surface area contributed by atoms with E-state index in [1.165, 1.54) is 12.8 Å². The van der Waals surface area contributed by atoms with Crippen molar-refractivity contribution in [2.75, 3.05) is 5.32 Å². The zero-order valence-corrected chi connectivity index (χ0v) is 14.3. The minimum Gasteiger partial charge on any atom is -0.311 e. The first kappa shape index (κ1) is 14.3. The molecule has 2 N–H and O–H groups in total. The maximum absolute atomic E-state index is 12.5. The van der Waals surface area contributed by atoms with Crippen LogP contribution in [0.1, 0.15) is 54.5 Å². The zero-order valence-electron chi connectivity index (χ0n) is 11.9. The number of amides is 1. The lowest BCUT2D eigenvalue weighted by atomic mass is 9.92. The van der Waals surface area contributed by atoms with Gasteiger partial charge in [0.15, 0.2) is 0 Å². The first-order chi connectivity index (χ1) is 10.6. The minimum absolute atomic E-state index is 0.0206. The molecule has 1 aliphatic heterocycles. The van der Waals surface area contributed by atoms with Crippen molar-refractivity contribution in [1.29, 1.82) is 0 Å². The van der Waals surface area contributed by atoms with Crippen molar-refractivity contribution in [2.24, 2.45) is 0 Å². The third-order valence-electron chi connectivity index (χ3n) is 4.59. The predicted octanol–water partition coefficient (Wildman–Crippen LogP) is 3.59. The van der Waals surface area contributed by atoms with Crippen molar-refractivity contribution in [3.05, 3.63) is 36.7 Å². The van der Waals surface area contributed by atoms with Gasteiger partial charge in [0.2, 0.25) is 5.91 Å². The van der Waals surface area contributed by atoms with Gasteiger partial charge < -0.3 is 5.32 Å². The quantitative estimate of drug-likeness (QED) is 0.834. The molecular formula is C15H16BrN3O2S. The first-order valence-corrected chi connectivity index (χ1v) is 9.14. The van der Waals surface area contributed by atoms with Crippen LogP contribution >= 0.6 is 27.3 Å². The van der Waals surface area contributed by atoms with Crippen LogP contribution in [0.3, 0.4) is 0 Å². The molecule has 0 bridgehead atoms. The summed E-state index contributed by atoms with van der Waals surface area (Å²) in [7, 11) is 0. The monoisotopic (exact) mass is 381 g/mol. The van der Waals surface area contributed by atoms with Crippen molar-refractivity contribution in [3.8, 4) is 0 Å². The van der Waals surface area contributed by atoms with Gasteiger partial charge in [-0.25, -0.2) is 0 Å². The topological polar surface area (TPSA) is 66.9 Å². The Morgan fingerprint density at radius 2 is 2.00 bits per heavy atom. The lowest BCUT2D eigenvalue weighted by Crippen LogP contribution is -2.26. The summed E-state index contributed by atoms with van der Waals surface area (Å²) in [5.41, 5.74) is 0.636. The average molecular weight is 382 g/mol. The molecule has 0 saturated heterocycles. The highest BCUT2D eigenvalue weighted by Gasteiger charge is 2.35. The van der Waals surface area contributed by atoms with Gasteiger partial charge in [-0.3, -0.25) is 19.4 Å². The number of fused-ring (bicyclic) bond motifs is 1. The number of aromatic amines is 1. The number of carbonyl (C=O) groups excluding carboxylic acids is 1. The molecule has 1 fully saturated rings. The van der Waals surface area contributed by atoms with Crippen LogP contribution in [0.15, 0.2) is 20.7 Å². The Hall–Kier alpha value is -1.34. The van der Waals surface area contributed by atoms with Gasteiger partial charge in [0.05, 0.1) is 15.4 Å². The van der Waals surface area contributed by atoms with Gasteiger partial charge >= 0.3 is 0 Å². The summed E-state index contributed by atoms with van der Waals surface area (Å²) in [5, 5.41) is 5.88. The van der Waals surface area contributed by atoms with Crippen LogP contribution in [-0.2, 0) is 4.79 Å². The lowest BCUT2D eigenvalue weighted by Gasteiger charge is -2.24. The summed E-state index contributed by atoms with van der Waals surface area (Å²) >= 11 is 5.04. The number of anilines is 1. The summed E-state index contributed by atoms with van der Waals surface area (Å²) in [6.45, 7) is 0. The second kappa shape index (κ2) is 5.38. The Bertz CT molecular complexity index is 785. The van der Waals surface area contributed by atoms with Crippen molar-refractivity contribution in [2.45, 2.75) is 44.1 Å². The second-order valence-electron chi connectivity index (χ2n) is 5.96. The molecule has 1 atom stereocenters. The van der Waals surface area contributed by atoms with Gasteiger partial charge in [-0.05, 0) is 40.9 Å². The summed E-state index contributed by atoms with van der Waals surface area (Å²) in [4.78, 5) is 25.7. The van der Waals surface area contributed by atoms with Crippen molar-refractivity contribution >= 4 is 39.0 Å². The van der Waals surface area contributed by atoms with Crippen LogP contribution in [-0.4, -0.2) is 15.7 Å². The van der Waals surface area contributed by atoms with E-state index in [0.717, 1.165) is 21.5 Å². The van der Waals surface area contributed by atoms with E-state index in [9.17, 15) is 9.59 Å². The van der Waals surface area contributed by atoms with Crippen LogP contribution in [0.25, 0.3) is 0 Å². The largest absolute Gasteiger partial charge is 0.311 e. The van der Waals surface area contributed by atoms with Crippen LogP contribution in [0.2, 0.25) is 0 Å². The standard InChI is InChI=1S/C15H16BrN3O2S/c16-11-6-5-10(22-11)9-7-12(20)17-14-13(9)15(21)18-19(14)8-3-1-2-4-8/h5-6,8-9H,1-4,7H2,(H,17,20)(H,18,21)/t9-/m0/s1. The van der Waals surface area contributed by atoms with Crippen molar-refractivity contribution in [3.63, 3.8) is 0 Å². The van der Waals surface area contributed by atoms with Gasteiger partial charge in [-0.15, -0.1) is 11.3 Å². The van der Waals surface area contributed by atoms with Crippen LogP contribution in [0.4, 0.5) is 5.82 Å². The number of thiophene rings is 1. The van der Waals surface area contributed by atoms with E-state index < -0.39 is 0 Å². The van der Waals surface area contributed by atoms with E-state index in [0.29, 0.717) is 23.8 Å². The molecule has 1 aliphatic carbocycles. The molecule has 2 aromatic heterocycles. The molecule has 22 heavy (non-hydrogen) atoms. The Kier molecular flexibility index (Phi) is 3.49. The van der Waals surface area contributed by atoms with Gasteiger partial charge in [-0.2, -0.15) is 0 Å². The molecule has 1 amide bonds. The fraction of sp³-hybridized carbons (Fsp3) is 0.467. The molecule has 116 valence electrons. The van der Waals surface area contributed by atoms with Crippen molar-refractivity contribution < 1.29 is 4.79 Å². The lowest BCUT2D eigenvalue weighted by molar-refractivity contribution is -0.116. The normalized spacial score (nSPS) is 21.9. The van der Waals surface area contributed by atoms with Gasteiger partial charge in [0.1, 0.15) is 5.82 Å². The summed E-state index contributed by atoms with van der Waals surface area (Å²) in [5.74, 6) is 0.516. The number of H-pyrrole nitrogens is 1. The fourth-order valence-electron chi connectivity index (χ4n) is 3.58. The molecule has 1 saturated carbocycles. The number of rotatable bonds is 2. The van der Waals surface area contributed by atoms with E-state index in [4.69, 9.17) is 0 Å². The number of nitrogens with zero attached hydrogens (tertiary/aromatic N) is 1. The third kappa shape index (κ3) is 2.27. The maximum Gasteiger partial charge on any atom is 0.270 e. The van der Waals surface area contributed by atoms with Crippen LogP contribution in [0, 0.1) is 0 Å². The number of carbonyl (C=O) groups is 1. The van der Waals surface area contributed by atoms with Crippen LogP contribution < -0.4 is 10.9 Å². The molecule has 2 aliphatic rings. The van der Waals surface area contributed by atoms with Crippen molar-refractivity contribution in [1.82, 2.24) is 9.78 Å². The first-order valence-electron chi connectivity index (χ1n) is 7.53. The molecule has 0 aromatic carbocycles. The molecule has 3 heterocycles. The van der Waals surface area contributed by atoms with Crippen LogP contribution in [0.5, 0.6) is 0 Å². The number of nitrogens with one attached hydrogen (secondary N) is 2. The van der Waals surface area contributed by atoms with Gasteiger partial charge in [0.25, 0.3) is 5.56 Å². The fourth-order valence-corrected chi connectivity index (χ4v) is 5.11. The zero-order chi connectivity index (χ0) is 15.3. The molecule has 0 spiro atoms. The van der Waals surface area contributed by atoms with Gasteiger partial charge in [-0.1, -0.05) is 12.8 Å². The Morgan fingerprint density at radius 1 is 1.23 bits per heavy atom. The molecule has 0 radical (unpaired) electrons. The molecular weight excluding hydrogens is 366 g/mol. The summed E-state index contributed by atoms with van der Waals surface area (Å²) in [6, 6.07) is 4.26. The summed E-state index contributed by atoms with van der Waals surface area (Å²) in [6.07, 6.45) is 4.80. The third-order valence-corrected chi connectivity index (χ3v) is 6.32. The highest BCUT2D eigenvalue weighted by atomic mass is 79.9. The van der Waals surface area contributed by atoms with E-state index >= 15 is 0 Å². The smallest absolute Gasteiger partial charge is 0.270 e. The van der Waals surface area contributed by atoms with E-state index in [1.807, 2.05) is 16.8 Å². The second-order valence-corrected chi connectivity index (χ2v) is 8.45. The average Bonchev–Trinajstić information content (AvgIpc) is 3.19. The molecule has 7 heteroatoms. The molecule has 4 rings (SSSR count). The van der Waals surface area contributed by atoms with Gasteiger partial charge in [0, 0.05) is 17.2 Å². The number of hydrogen-bond acceptors (Lipinski definition) is 3. The molecule has 2 aromatic rings. The van der Waals surface area contributed by atoms with E-state index in [1.54, 1.807) is 11.3 Å². The molecule has 5 nitrogen and oxygen atoms in total. The number of aromatic nitrogens is 2. The number of halogens is 1. The number of hydrogen-bond donors (Lipinski definition) is 2. The Balaban J connectivity index is 1.83. The Morgan fingerprint density at radius 3 is 2.68 bits per heavy atom. The Labute approximate surface area is 139 Å².